The van der Waals surface area contributed by atoms with Crippen molar-refractivity contribution in [3.8, 4) is 0 Å². The fourth-order valence-corrected chi connectivity index (χ4v) is 3.31. The highest BCUT2D eigenvalue weighted by atomic mass is 32.1. The molecular formula is C19H17F2N5O2S. The normalized spacial score (nSPS) is 10.6. The minimum Gasteiger partial charge on any atom is -0.346 e. The average Bonchev–Trinajstić information content (AvgIpc) is 3.09. The van der Waals surface area contributed by atoms with Crippen molar-refractivity contribution in [1.82, 2.24) is 20.3 Å². The van der Waals surface area contributed by atoms with Crippen molar-refractivity contribution >= 4 is 29.3 Å². The standard InChI is InChI=1S/C19H17F2N5O2S/c1-11-18(9-26(10-27)15-4-13(20)3-14(21)5-15)23-8-17(25-11)19(28)24-7-16-6-22-12(2)29-16/h3-6,8,10H,7,9H2,1-2H3,(H,24,28). The number of nitrogens with one attached hydrogen (secondary N) is 1. The van der Waals surface area contributed by atoms with Gasteiger partial charge in [-0.25, -0.2) is 18.7 Å². The number of aryl methyl sites for hydroxylation is 2. The quantitative estimate of drug-likeness (QED) is 0.597. The summed E-state index contributed by atoms with van der Waals surface area (Å²) >= 11 is 1.49. The first-order valence-electron chi connectivity index (χ1n) is 8.55. The van der Waals surface area contributed by atoms with E-state index in [1.165, 1.54) is 17.5 Å². The number of hydrogen-bond acceptors (Lipinski definition) is 6. The van der Waals surface area contributed by atoms with Crippen LogP contribution >= 0.6 is 11.3 Å². The van der Waals surface area contributed by atoms with Gasteiger partial charge in [0, 0.05) is 22.8 Å². The summed E-state index contributed by atoms with van der Waals surface area (Å²) in [7, 11) is 0. The zero-order valence-electron chi connectivity index (χ0n) is 15.6. The third kappa shape index (κ3) is 5.17. The summed E-state index contributed by atoms with van der Waals surface area (Å²) in [6.07, 6.45) is 3.45. The molecule has 0 bridgehead atoms. The zero-order chi connectivity index (χ0) is 21.0. The molecule has 7 nitrogen and oxygen atoms in total. The first kappa shape index (κ1) is 20.5. The molecule has 0 aliphatic heterocycles. The van der Waals surface area contributed by atoms with Crippen molar-refractivity contribution in [1.29, 1.82) is 0 Å². The maximum atomic E-state index is 13.4. The Morgan fingerprint density at radius 3 is 2.48 bits per heavy atom. The van der Waals surface area contributed by atoms with Gasteiger partial charge in [0.15, 0.2) is 0 Å². The van der Waals surface area contributed by atoms with Crippen LogP contribution in [0.25, 0.3) is 0 Å². The predicted molar refractivity (Wildman–Crippen MR) is 103 cm³/mol. The van der Waals surface area contributed by atoms with Crippen LogP contribution in [0, 0.1) is 25.5 Å². The first-order valence-corrected chi connectivity index (χ1v) is 9.37. The van der Waals surface area contributed by atoms with Crippen LogP contribution in [0.2, 0.25) is 0 Å². The summed E-state index contributed by atoms with van der Waals surface area (Å²) in [6, 6.07) is 2.81. The molecule has 0 spiro atoms. The van der Waals surface area contributed by atoms with Crippen LogP contribution in [0.4, 0.5) is 14.5 Å². The van der Waals surface area contributed by atoms with E-state index >= 15 is 0 Å². The SMILES string of the molecule is Cc1ncc(CNC(=O)c2cnc(CN(C=O)c3cc(F)cc(F)c3)c(C)n2)s1. The van der Waals surface area contributed by atoms with Gasteiger partial charge in [0.2, 0.25) is 6.41 Å². The van der Waals surface area contributed by atoms with Crippen molar-refractivity contribution in [2.24, 2.45) is 0 Å². The summed E-state index contributed by atoms with van der Waals surface area (Å²) < 4.78 is 26.8. The third-order valence-corrected chi connectivity index (χ3v) is 4.91. The van der Waals surface area contributed by atoms with Gasteiger partial charge < -0.3 is 10.2 Å². The molecular weight excluding hydrogens is 400 g/mol. The summed E-state index contributed by atoms with van der Waals surface area (Å²) in [6.45, 7) is 3.80. The molecule has 0 aliphatic carbocycles. The van der Waals surface area contributed by atoms with Crippen molar-refractivity contribution < 1.29 is 18.4 Å². The van der Waals surface area contributed by atoms with Gasteiger partial charge in [0.05, 0.1) is 35.7 Å². The Morgan fingerprint density at radius 2 is 1.90 bits per heavy atom. The van der Waals surface area contributed by atoms with E-state index in [0.717, 1.165) is 33.0 Å². The molecule has 1 aromatic carbocycles. The number of hydrogen-bond donors (Lipinski definition) is 1. The highest BCUT2D eigenvalue weighted by Crippen LogP contribution is 2.19. The molecule has 1 N–H and O–H groups in total. The van der Waals surface area contributed by atoms with E-state index in [2.05, 4.69) is 20.3 Å². The van der Waals surface area contributed by atoms with Crippen LogP contribution < -0.4 is 10.2 Å². The van der Waals surface area contributed by atoms with E-state index in [1.807, 2.05) is 6.92 Å². The third-order valence-electron chi connectivity index (χ3n) is 4.00. The lowest BCUT2D eigenvalue weighted by molar-refractivity contribution is -0.107. The Bertz CT molecular complexity index is 1040. The van der Waals surface area contributed by atoms with Crippen LogP contribution in [-0.4, -0.2) is 27.3 Å². The van der Waals surface area contributed by atoms with Crippen LogP contribution in [0.1, 0.15) is 31.8 Å². The van der Waals surface area contributed by atoms with E-state index in [4.69, 9.17) is 0 Å². The maximum Gasteiger partial charge on any atom is 0.271 e. The average molecular weight is 417 g/mol. The second-order valence-corrected chi connectivity index (χ2v) is 7.50. The lowest BCUT2D eigenvalue weighted by atomic mass is 10.2. The van der Waals surface area contributed by atoms with E-state index in [0.29, 0.717) is 24.3 Å². The molecule has 0 saturated carbocycles. The molecule has 2 amide bonds. The Morgan fingerprint density at radius 1 is 1.17 bits per heavy atom. The van der Waals surface area contributed by atoms with E-state index in [1.54, 1.807) is 13.1 Å². The largest absolute Gasteiger partial charge is 0.346 e. The number of anilines is 1. The van der Waals surface area contributed by atoms with Crippen LogP contribution in [0.15, 0.2) is 30.6 Å². The van der Waals surface area contributed by atoms with Gasteiger partial charge in [-0.3, -0.25) is 14.6 Å². The van der Waals surface area contributed by atoms with Gasteiger partial charge >= 0.3 is 0 Å². The smallest absolute Gasteiger partial charge is 0.271 e. The molecule has 150 valence electrons. The molecule has 29 heavy (non-hydrogen) atoms. The van der Waals surface area contributed by atoms with Crippen LogP contribution in [0.5, 0.6) is 0 Å². The van der Waals surface area contributed by atoms with E-state index < -0.39 is 17.5 Å². The van der Waals surface area contributed by atoms with Gasteiger partial charge in [-0.05, 0) is 26.0 Å². The number of thiazole rings is 1. The van der Waals surface area contributed by atoms with Crippen molar-refractivity contribution in [3.05, 3.63) is 69.2 Å². The van der Waals surface area contributed by atoms with E-state index in [9.17, 15) is 18.4 Å². The second-order valence-electron chi connectivity index (χ2n) is 6.18. The van der Waals surface area contributed by atoms with Gasteiger partial charge in [-0.2, -0.15) is 0 Å². The number of halogens is 2. The topological polar surface area (TPSA) is 88.1 Å². The fraction of sp³-hybridized carbons (Fsp3) is 0.211. The molecule has 3 rings (SSSR count). The highest BCUT2D eigenvalue weighted by molar-refractivity contribution is 7.11. The predicted octanol–water partition coefficient (Wildman–Crippen LogP) is 2.92. The molecule has 3 aromatic rings. The number of amides is 2. The highest BCUT2D eigenvalue weighted by Gasteiger charge is 2.15. The summed E-state index contributed by atoms with van der Waals surface area (Å²) in [5.74, 6) is -1.98. The number of carbonyl (C=O) groups excluding carboxylic acids is 2. The molecule has 10 heteroatoms. The van der Waals surface area contributed by atoms with Gasteiger partial charge in [0.25, 0.3) is 5.91 Å². The van der Waals surface area contributed by atoms with Crippen molar-refractivity contribution in [2.75, 3.05) is 4.90 Å². The number of benzene rings is 1. The lowest BCUT2D eigenvalue weighted by Gasteiger charge is -2.18. The molecule has 0 saturated heterocycles. The Labute approximate surface area is 169 Å². The van der Waals surface area contributed by atoms with Crippen molar-refractivity contribution in [2.45, 2.75) is 26.9 Å². The Hall–Kier alpha value is -3.27. The van der Waals surface area contributed by atoms with Crippen molar-refractivity contribution in [3.63, 3.8) is 0 Å². The number of nitrogens with zero attached hydrogens (tertiary/aromatic N) is 4. The Balaban J connectivity index is 1.71. The molecule has 0 radical (unpaired) electrons. The number of aromatic nitrogens is 3. The lowest BCUT2D eigenvalue weighted by Crippen LogP contribution is -2.25. The maximum absolute atomic E-state index is 13.4. The summed E-state index contributed by atoms with van der Waals surface area (Å²) in [4.78, 5) is 38.3. The minimum absolute atomic E-state index is 0.0483. The number of rotatable bonds is 7. The molecule has 2 aromatic heterocycles. The zero-order valence-corrected chi connectivity index (χ0v) is 16.5. The minimum atomic E-state index is -0.794. The van der Waals surface area contributed by atoms with E-state index in [-0.39, 0.29) is 17.9 Å². The monoisotopic (exact) mass is 417 g/mol. The molecule has 0 atom stereocenters. The fourth-order valence-electron chi connectivity index (χ4n) is 2.57. The summed E-state index contributed by atoms with van der Waals surface area (Å²) in [5, 5.41) is 3.65. The van der Waals surface area contributed by atoms with Gasteiger partial charge in [0.1, 0.15) is 17.3 Å². The summed E-state index contributed by atoms with van der Waals surface area (Å²) in [5.41, 5.74) is 1.01. The van der Waals surface area contributed by atoms with Crippen LogP contribution in [0.3, 0.4) is 0 Å². The number of carbonyl (C=O) groups is 2. The Kier molecular flexibility index (Phi) is 6.23. The molecule has 0 aliphatic rings. The van der Waals surface area contributed by atoms with Crippen LogP contribution in [-0.2, 0) is 17.9 Å². The van der Waals surface area contributed by atoms with Gasteiger partial charge in [-0.1, -0.05) is 0 Å². The molecule has 0 unspecified atom stereocenters. The second kappa shape index (κ2) is 8.82. The first-order chi connectivity index (χ1) is 13.9. The molecule has 0 fully saturated rings. The van der Waals surface area contributed by atoms with Gasteiger partial charge in [-0.15, -0.1) is 11.3 Å². The molecule has 2 heterocycles.